The van der Waals surface area contributed by atoms with Gasteiger partial charge in [-0.15, -0.1) is 0 Å². The molecule has 0 radical (unpaired) electrons. The highest BCUT2D eigenvalue weighted by Gasteiger charge is 2.34. The molecule has 1 aliphatic heterocycles. The summed E-state index contributed by atoms with van der Waals surface area (Å²) in [6.45, 7) is 2.73. The van der Waals surface area contributed by atoms with Crippen molar-refractivity contribution in [2.45, 2.75) is 13.5 Å². The van der Waals surface area contributed by atoms with Gasteiger partial charge in [0, 0.05) is 5.56 Å². The molecule has 0 unspecified atom stereocenters. The van der Waals surface area contributed by atoms with Gasteiger partial charge in [-0.25, -0.2) is 0 Å². The van der Waals surface area contributed by atoms with Gasteiger partial charge >= 0.3 is 0 Å². The van der Waals surface area contributed by atoms with Crippen LogP contribution in [-0.4, -0.2) is 34.9 Å². The Balaban J connectivity index is 1.34. The minimum absolute atomic E-state index is 0.234. The van der Waals surface area contributed by atoms with Crippen LogP contribution in [-0.2, 0) is 11.4 Å². The van der Waals surface area contributed by atoms with Crippen molar-refractivity contribution in [3.8, 4) is 17.2 Å². The minimum Gasteiger partial charge on any atom is -0.497 e. The lowest BCUT2D eigenvalue weighted by Gasteiger charge is -2.16. The summed E-state index contributed by atoms with van der Waals surface area (Å²) in [6.07, 6.45) is 1.73. The maximum absolute atomic E-state index is 13.2. The van der Waals surface area contributed by atoms with Crippen molar-refractivity contribution >= 4 is 79.6 Å². The molecule has 1 N–H and O–H groups in total. The number of carbonyl (C=O) groups is 2. The number of thioether (sulfide) groups is 1. The molecule has 0 saturated carbocycles. The zero-order chi connectivity index (χ0) is 28.9. The molecule has 0 aliphatic carbocycles. The number of hydrogen-bond acceptors (Lipinski definition) is 7. The first-order chi connectivity index (χ1) is 19.9. The van der Waals surface area contributed by atoms with Crippen molar-refractivity contribution in [3.05, 3.63) is 104 Å². The Morgan fingerprint density at radius 2 is 1.80 bits per heavy atom. The normalized spacial score (nSPS) is 14.0. The van der Waals surface area contributed by atoms with E-state index in [4.69, 9.17) is 26.4 Å². The highest BCUT2D eigenvalue weighted by Crippen LogP contribution is 2.38. The summed E-state index contributed by atoms with van der Waals surface area (Å²) in [6, 6.07) is 24.7. The van der Waals surface area contributed by atoms with E-state index in [-0.39, 0.29) is 4.32 Å². The standard InChI is InChI=1S/C31H25IN2O5S2/c1-3-38-26-16-19(15-25(32)28(26)39-18-22-9-6-8-20-7-4-5-10-24(20)22)17-27-30(36)34(31(40)41-27)33-29(35)21-11-13-23(37-2)14-12-21/h4-17H,3,18H2,1-2H3,(H,33,35)/b27-17+. The molecular weight excluding hydrogens is 671 g/mol. The summed E-state index contributed by atoms with van der Waals surface area (Å²) in [4.78, 5) is 26.3. The molecule has 7 nitrogen and oxygen atoms in total. The van der Waals surface area contributed by atoms with Crippen LogP contribution in [0.3, 0.4) is 0 Å². The number of hydrazine groups is 1. The van der Waals surface area contributed by atoms with E-state index in [1.54, 1.807) is 37.5 Å². The van der Waals surface area contributed by atoms with Crippen LogP contribution in [0.1, 0.15) is 28.4 Å². The van der Waals surface area contributed by atoms with Crippen molar-refractivity contribution in [3.63, 3.8) is 0 Å². The number of amides is 2. The van der Waals surface area contributed by atoms with E-state index in [1.165, 1.54) is 0 Å². The molecule has 0 atom stereocenters. The fourth-order valence-corrected chi connectivity index (χ4v) is 6.23. The highest BCUT2D eigenvalue weighted by molar-refractivity contribution is 14.1. The number of hydrogen-bond donors (Lipinski definition) is 1. The quantitative estimate of drug-likeness (QED) is 0.115. The summed E-state index contributed by atoms with van der Waals surface area (Å²) in [5.74, 6) is 0.976. The number of methoxy groups -OCH3 is 1. The predicted octanol–water partition coefficient (Wildman–Crippen LogP) is 6.98. The average molecular weight is 697 g/mol. The number of nitrogens with zero attached hydrogens (tertiary/aromatic N) is 1. The third-order valence-electron chi connectivity index (χ3n) is 6.24. The fourth-order valence-electron chi connectivity index (χ4n) is 4.27. The van der Waals surface area contributed by atoms with Crippen LogP contribution in [0, 0.1) is 3.57 Å². The SMILES string of the molecule is CCOc1cc(/C=C2/SC(=S)N(NC(=O)c3ccc(OC)cc3)C2=O)cc(I)c1OCc1cccc2ccccc12. The van der Waals surface area contributed by atoms with Crippen molar-refractivity contribution in [2.75, 3.05) is 13.7 Å². The molecule has 10 heteroatoms. The van der Waals surface area contributed by atoms with E-state index in [0.717, 1.165) is 42.2 Å². The smallest absolute Gasteiger partial charge is 0.285 e. The van der Waals surface area contributed by atoms with Gasteiger partial charge in [-0.2, -0.15) is 5.01 Å². The number of rotatable bonds is 9. The largest absolute Gasteiger partial charge is 0.497 e. The molecular formula is C31H25IN2O5S2. The molecule has 1 heterocycles. The van der Waals surface area contributed by atoms with Crippen LogP contribution in [0.25, 0.3) is 16.8 Å². The first kappa shape index (κ1) is 28.9. The second-order valence-electron chi connectivity index (χ2n) is 8.88. The molecule has 4 aromatic rings. The van der Waals surface area contributed by atoms with Gasteiger partial charge in [0.25, 0.3) is 11.8 Å². The predicted molar refractivity (Wildman–Crippen MR) is 174 cm³/mol. The number of ether oxygens (including phenoxy) is 3. The first-order valence-electron chi connectivity index (χ1n) is 12.7. The van der Waals surface area contributed by atoms with Gasteiger partial charge in [0.15, 0.2) is 15.8 Å². The van der Waals surface area contributed by atoms with Gasteiger partial charge in [0.2, 0.25) is 0 Å². The number of fused-ring (bicyclic) bond motifs is 1. The Morgan fingerprint density at radius 3 is 2.56 bits per heavy atom. The number of nitrogens with one attached hydrogen (secondary N) is 1. The maximum Gasteiger partial charge on any atom is 0.285 e. The topological polar surface area (TPSA) is 77.1 Å². The summed E-state index contributed by atoms with van der Waals surface area (Å²) in [5, 5.41) is 3.39. The average Bonchev–Trinajstić information content (AvgIpc) is 3.24. The van der Waals surface area contributed by atoms with Crippen molar-refractivity contribution in [1.82, 2.24) is 10.4 Å². The lowest BCUT2D eigenvalue weighted by molar-refractivity contribution is -0.123. The molecule has 5 rings (SSSR count). The van der Waals surface area contributed by atoms with Gasteiger partial charge < -0.3 is 14.2 Å². The Kier molecular flexibility index (Phi) is 9.11. The molecule has 2 amide bonds. The van der Waals surface area contributed by atoms with E-state index in [1.807, 2.05) is 37.3 Å². The molecule has 4 aromatic carbocycles. The molecule has 41 heavy (non-hydrogen) atoms. The van der Waals surface area contributed by atoms with E-state index in [2.05, 4.69) is 52.3 Å². The molecule has 0 aromatic heterocycles. The van der Waals surface area contributed by atoms with Crippen molar-refractivity contribution < 1.29 is 23.8 Å². The van der Waals surface area contributed by atoms with Gasteiger partial charge in [0.1, 0.15) is 12.4 Å². The second-order valence-corrected chi connectivity index (χ2v) is 11.7. The molecule has 0 bridgehead atoms. The Bertz CT molecular complexity index is 1670. The van der Waals surface area contributed by atoms with Gasteiger partial charge in [0.05, 0.1) is 22.2 Å². The minimum atomic E-state index is -0.453. The van der Waals surface area contributed by atoms with Crippen molar-refractivity contribution in [1.29, 1.82) is 0 Å². The van der Waals surface area contributed by atoms with Crippen LogP contribution < -0.4 is 19.6 Å². The number of halogens is 1. The van der Waals surface area contributed by atoms with Gasteiger partial charge in [-0.1, -0.05) is 54.2 Å². The fraction of sp³-hybridized carbons (Fsp3) is 0.129. The zero-order valence-electron chi connectivity index (χ0n) is 22.2. The highest BCUT2D eigenvalue weighted by atomic mass is 127. The second kappa shape index (κ2) is 12.9. The Morgan fingerprint density at radius 1 is 1.05 bits per heavy atom. The van der Waals surface area contributed by atoms with Crippen LogP contribution in [0.5, 0.6) is 17.2 Å². The summed E-state index contributed by atoms with van der Waals surface area (Å²) < 4.78 is 18.4. The van der Waals surface area contributed by atoms with Crippen molar-refractivity contribution in [2.24, 2.45) is 0 Å². The zero-order valence-corrected chi connectivity index (χ0v) is 26.0. The monoisotopic (exact) mass is 696 g/mol. The maximum atomic E-state index is 13.2. The summed E-state index contributed by atoms with van der Waals surface area (Å²) >= 11 is 8.72. The number of carbonyl (C=O) groups excluding carboxylic acids is 2. The van der Waals surface area contributed by atoms with Crippen LogP contribution >= 0.6 is 46.6 Å². The van der Waals surface area contributed by atoms with Gasteiger partial charge in [-0.3, -0.25) is 15.0 Å². The van der Waals surface area contributed by atoms with E-state index >= 15 is 0 Å². The molecule has 1 aliphatic rings. The number of thiocarbonyl (C=S) groups is 1. The molecule has 1 saturated heterocycles. The Labute approximate surface area is 261 Å². The van der Waals surface area contributed by atoms with E-state index in [9.17, 15) is 9.59 Å². The summed E-state index contributed by atoms with van der Waals surface area (Å²) in [5.41, 5.74) is 4.80. The first-order valence-corrected chi connectivity index (χ1v) is 15.0. The molecule has 0 spiro atoms. The molecule has 208 valence electrons. The Hall–Kier alpha value is -3.61. The summed E-state index contributed by atoms with van der Waals surface area (Å²) in [7, 11) is 1.55. The van der Waals surface area contributed by atoms with Gasteiger partial charge in [-0.05, 0) is 106 Å². The van der Waals surface area contributed by atoms with E-state index in [0.29, 0.717) is 40.9 Å². The van der Waals surface area contributed by atoms with Crippen LogP contribution in [0.2, 0.25) is 0 Å². The third kappa shape index (κ3) is 6.50. The lowest BCUT2D eigenvalue weighted by Crippen LogP contribution is -2.44. The number of benzene rings is 4. The third-order valence-corrected chi connectivity index (χ3v) is 8.34. The lowest BCUT2D eigenvalue weighted by atomic mass is 10.1. The van der Waals surface area contributed by atoms with Crippen LogP contribution in [0.15, 0.2) is 83.8 Å². The molecule has 1 fully saturated rings. The van der Waals surface area contributed by atoms with Crippen LogP contribution in [0.4, 0.5) is 0 Å². The van der Waals surface area contributed by atoms with E-state index < -0.39 is 11.8 Å².